The molecular formula is C13H18BrClN2. The fraction of sp³-hybridized carbons (Fsp3) is 0.615. The van der Waals surface area contributed by atoms with Crippen molar-refractivity contribution in [2.45, 2.75) is 38.1 Å². The van der Waals surface area contributed by atoms with Crippen molar-refractivity contribution in [1.82, 2.24) is 4.98 Å². The van der Waals surface area contributed by atoms with Crippen molar-refractivity contribution in [2.24, 2.45) is 0 Å². The molecule has 0 aromatic carbocycles. The number of halogens is 2. The molecule has 1 aliphatic rings. The maximum absolute atomic E-state index is 5.95. The molecular weight excluding hydrogens is 300 g/mol. The Morgan fingerprint density at radius 2 is 2.12 bits per heavy atom. The molecule has 2 rings (SSSR count). The van der Waals surface area contributed by atoms with E-state index in [0.29, 0.717) is 11.9 Å². The van der Waals surface area contributed by atoms with Gasteiger partial charge >= 0.3 is 0 Å². The molecule has 17 heavy (non-hydrogen) atoms. The standard InChI is InChI=1S/C13H18BrClN2/c14-12-10-16-8-6-13(12)17(9-7-15)11-4-2-1-3-5-11/h6,8,10-11H,1-5,7,9H2. The van der Waals surface area contributed by atoms with Crippen LogP contribution in [0.4, 0.5) is 5.69 Å². The Hall–Kier alpha value is -0.280. The maximum Gasteiger partial charge on any atom is 0.0592 e. The van der Waals surface area contributed by atoms with Gasteiger partial charge in [-0.1, -0.05) is 19.3 Å². The third kappa shape index (κ3) is 3.35. The summed E-state index contributed by atoms with van der Waals surface area (Å²) in [6, 6.07) is 2.71. The lowest BCUT2D eigenvalue weighted by molar-refractivity contribution is 0.418. The molecule has 0 aliphatic heterocycles. The van der Waals surface area contributed by atoms with Crippen LogP contribution in [0.1, 0.15) is 32.1 Å². The van der Waals surface area contributed by atoms with E-state index < -0.39 is 0 Å². The van der Waals surface area contributed by atoms with Gasteiger partial charge in [-0.15, -0.1) is 11.6 Å². The molecule has 94 valence electrons. The first kappa shape index (κ1) is 13.2. The second-order valence-corrected chi connectivity index (χ2v) is 5.73. The van der Waals surface area contributed by atoms with E-state index >= 15 is 0 Å². The Balaban J connectivity index is 2.18. The first-order chi connectivity index (χ1) is 8.33. The van der Waals surface area contributed by atoms with E-state index in [9.17, 15) is 0 Å². The largest absolute Gasteiger partial charge is 0.366 e. The lowest BCUT2D eigenvalue weighted by Crippen LogP contribution is -2.38. The van der Waals surface area contributed by atoms with Gasteiger partial charge in [-0.2, -0.15) is 0 Å². The van der Waals surface area contributed by atoms with E-state index in [1.54, 1.807) is 0 Å². The minimum absolute atomic E-state index is 0.640. The van der Waals surface area contributed by atoms with Crippen molar-refractivity contribution in [3.05, 3.63) is 22.9 Å². The molecule has 2 nitrogen and oxygen atoms in total. The average molecular weight is 318 g/mol. The summed E-state index contributed by atoms with van der Waals surface area (Å²) < 4.78 is 1.07. The second-order valence-electron chi connectivity index (χ2n) is 4.50. The molecule has 0 spiro atoms. The van der Waals surface area contributed by atoms with Crippen LogP contribution in [0, 0.1) is 0 Å². The molecule has 1 fully saturated rings. The Morgan fingerprint density at radius 1 is 1.35 bits per heavy atom. The van der Waals surface area contributed by atoms with E-state index in [1.807, 2.05) is 12.4 Å². The normalized spacial score (nSPS) is 17.1. The molecule has 0 radical (unpaired) electrons. The van der Waals surface area contributed by atoms with Crippen molar-refractivity contribution in [3.8, 4) is 0 Å². The lowest BCUT2D eigenvalue weighted by atomic mass is 9.94. The van der Waals surface area contributed by atoms with E-state index in [1.165, 1.54) is 37.8 Å². The third-order valence-electron chi connectivity index (χ3n) is 3.40. The Kier molecular flexibility index (Phi) is 5.11. The average Bonchev–Trinajstić information content (AvgIpc) is 2.38. The van der Waals surface area contributed by atoms with Crippen LogP contribution in [0.2, 0.25) is 0 Å². The Labute approximate surface area is 116 Å². The zero-order chi connectivity index (χ0) is 12.1. The summed E-state index contributed by atoms with van der Waals surface area (Å²) in [6.07, 6.45) is 10.3. The zero-order valence-electron chi connectivity index (χ0n) is 9.91. The van der Waals surface area contributed by atoms with Gasteiger partial charge in [0.1, 0.15) is 0 Å². The van der Waals surface area contributed by atoms with Crippen LogP contribution in [-0.2, 0) is 0 Å². The van der Waals surface area contributed by atoms with E-state index in [4.69, 9.17) is 11.6 Å². The number of aromatic nitrogens is 1. The fourth-order valence-electron chi connectivity index (χ4n) is 2.58. The number of nitrogens with zero attached hydrogens (tertiary/aromatic N) is 2. The van der Waals surface area contributed by atoms with Crippen LogP contribution in [0.25, 0.3) is 0 Å². The SMILES string of the molecule is ClCCN(c1ccncc1Br)C1CCCCC1. The van der Waals surface area contributed by atoms with E-state index in [2.05, 4.69) is 31.9 Å². The lowest BCUT2D eigenvalue weighted by Gasteiger charge is -2.36. The molecule has 1 heterocycles. The smallest absolute Gasteiger partial charge is 0.0592 e. The molecule has 0 atom stereocenters. The molecule has 4 heteroatoms. The summed E-state index contributed by atoms with van der Waals surface area (Å²) in [4.78, 5) is 6.57. The minimum Gasteiger partial charge on any atom is -0.366 e. The molecule has 1 aromatic heterocycles. The van der Waals surface area contributed by atoms with Gasteiger partial charge in [-0.3, -0.25) is 4.98 Å². The zero-order valence-corrected chi connectivity index (χ0v) is 12.3. The van der Waals surface area contributed by atoms with Crippen LogP contribution in [-0.4, -0.2) is 23.5 Å². The predicted molar refractivity (Wildman–Crippen MR) is 76.9 cm³/mol. The van der Waals surface area contributed by atoms with Crippen molar-refractivity contribution in [1.29, 1.82) is 0 Å². The van der Waals surface area contributed by atoms with Crippen LogP contribution in [0.3, 0.4) is 0 Å². The van der Waals surface area contributed by atoms with Crippen molar-refractivity contribution in [2.75, 3.05) is 17.3 Å². The van der Waals surface area contributed by atoms with Gasteiger partial charge in [0, 0.05) is 30.9 Å². The molecule has 1 aliphatic carbocycles. The van der Waals surface area contributed by atoms with Gasteiger partial charge < -0.3 is 4.90 Å². The highest BCUT2D eigenvalue weighted by molar-refractivity contribution is 9.10. The summed E-state index contributed by atoms with van der Waals surface area (Å²) in [6.45, 7) is 0.912. The Morgan fingerprint density at radius 3 is 2.76 bits per heavy atom. The number of hydrogen-bond donors (Lipinski definition) is 0. The van der Waals surface area contributed by atoms with E-state index in [0.717, 1.165) is 11.0 Å². The van der Waals surface area contributed by atoms with Crippen LogP contribution < -0.4 is 4.90 Å². The van der Waals surface area contributed by atoms with Crippen LogP contribution in [0.5, 0.6) is 0 Å². The van der Waals surface area contributed by atoms with Gasteiger partial charge in [-0.25, -0.2) is 0 Å². The highest BCUT2D eigenvalue weighted by Gasteiger charge is 2.22. The summed E-state index contributed by atoms with van der Waals surface area (Å²) in [7, 11) is 0. The molecule has 0 unspecified atom stereocenters. The maximum atomic E-state index is 5.95. The predicted octanol–water partition coefficient (Wildman–Crippen LogP) is 4.22. The molecule has 0 N–H and O–H groups in total. The third-order valence-corrected chi connectivity index (χ3v) is 4.18. The number of alkyl halides is 1. The topological polar surface area (TPSA) is 16.1 Å². The summed E-state index contributed by atoms with van der Waals surface area (Å²) in [5.41, 5.74) is 1.23. The number of pyridine rings is 1. The molecule has 1 saturated carbocycles. The number of hydrogen-bond acceptors (Lipinski definition) is 2. The van der Waals surface area contributed by atoms with E-state index in [-0.39, 0.29) is 0 Å². The van der Waals surface area contributed by atoms with Gasteiger partial charge in [0.05, 0.1) is 10.2 Å². The van der Waals surface area contributed by atoms with Gasteiger partial charge in [-0.05, 0) is 34.8 Å². The number of anilines is 1. The number of rotatable bonds is 4. The first-order valence-electron chi connectivity index (χ1n) is 6.25. The monoisotopic (exact) mass is 316 g/mol. The summed E-state index contributed by atoms with van der Waals surface area (Å²) in [5, 5.41) is 0. The van der Waals surface area contributed by atoms with Crippen molar-refractivity contribution in [3.63, 3.8) is 0 Å². The van der Waals surface area contributed by atoms with Gasteiger partial charge in [0.2, 0.25) is 0 Å². The van der Waals surface area contributed by atoms with Crippen molar-refractivity contribution >= 4 is 33.2 Å². The van der Waals surface area contributed by atoms with Crippen molar-refractivity contribution < 1.29 is 0 Å². The highest BCUT2D eigenvalue weighted by atomic mass is 79.9. The minimum atomic E-state index is 0.640. The second kappa shape index (κ2) is 6.60. The Bertz CT molecular complexity index is 353. The van der Waals surface area contributed by atoms with Gasteiger partial charge in [0.15, 0.2) is 0 Å². The molecule has 0 amide bonds. The quantitative estimate of drug-likeness (QED) is 0.773. The summed E-state index contributed by atoms with van der Waals surface area (Å²) in [5.74, 6) is 0.672. The molecule has 0 saturated heterocycles. The van der Waals surface area contributed by atoms with Crippen LogP contribution in [0.15, 0.2) is 22.9 Å². The highest BCUT2D eigenvalue weighted by Crippen LogP contribution is 2.31. The first-order valence-corrected chi connectivity index (χ1v) is 7.58. The molecule has 0 bridgehead atoms. The molecule has 1 aromatic rings. The summed E-state index contributed by atoms with van der Waals surface area (Å²) >= 11 is 9.53. The van der Waals surface area contributed by atoms with Crippen LogP contribution >= 0.6 is 27.5 Å². The fourth-order valence-corrected chi connectivity index (χ4v) is 3.24. The van der Waals surface area contributed by atoms with Gasteiger partial charge in [0.25, 0.3) is 0 Å².